The molecular formula is C31H26FN5. The number of hydrogen-bond donors (Lipinski definition) is 2. The molecule has 1 saturated heterocycles. The van der Waals surface area contributed by atoms with Crippen LogP contribution in [0.1, 0.15) is 18.4 Å². The van der Waals surface area contributed by atoms with E-state index in [0.717, 1.165) is 62.0 Å². The molecule has 0 aliphatic carbocycles. The summed E-state index contributed by atoms with van der Waals surface area (Å²) in [5.41, 5.74) is 9.33. The molecule has 4 heterocycles. The average Bonchev–Trinajstić information content (AvgIpc) is 3.68. The monoisotopic (exact) mass is 487 g/mol. The first-order valence-electron chi connectivity index (χ1n) is 12.7. The van der Waals surface area contributed by atoms with Crippen LogP contribution in [0.2, 0.25) is 0 Å². The minimum atomic E-state index is -0.235. The van der Waals surface area contributed by atoms with Gasteiger partial charge >= 0.3 is 0 Å². The topological polar surface area (TPSA) is 60.6 Å². The highest BCUT2D eigenvalue weighted by Crippen LogP contribution is 2.35. The third-order valence-electron chi connectivity index (χ3n) is 7.37. The van der Waals surface area contributed by atoms with Gasteiger partial charge in [0.05, 0.1) is 11.2 Å². The summed E-state index contributed by atoms with van der Waals surface area (Å²) in [5.74, 6) is -0.235. The molecule has 7 rings (SSSR count). The van der Waals surface area contributed by atoms with Crippen molar-refractivity contribution in [3.63, 3.8) is 0 Å². The van der Waals surface area contributed by atoms with Gasteiger partial charge in [0.1, 0.15) is 11.5 Å². The Morgan fingerprint density at radius 2 is 1.62 bits per heavy atom. The van der Waals surface area contributed by atoms with E-state index in [1.807, 2.05) is 30.6 Å². The van der Waals surface area contributed by atoms with E-state index in [4.69, 9.17) is 0 Å². The van der Waals surface area contributed by atoms with Crippen LogP contribution >= 0.6 is 0 Å². The van der Waals surface area contributed by atoms with Gasteiger partial charge in [-0.3, -0.25) is 15.0 Å². The zero-order chi connectivity index (χ0) is 24.8. The molecule has 0 radical (unpaired) electrons. The highest BCUT2D eigenvalue weighted by Gasteiger charge is 2.16. The van der Waals surface area contributed by atoms with E-state index < -0.39 is 0 Å². The number of nitrogens with zero attached hydrogens (tertiary/aromatic N) is 3. The SMILES string of the molecule is Fc1ccc(-c2cccc3[nH]c(-c4n[nH]c5ccc(-c6cncc(CN7CCCC7)c6)cc45)cc23)cc1. The number of aromatic nitrogens is 4. The summed E-state index contributed by atoms with van der Waals surface area (Å²) in [7, 11) is 0. The average molecular weight is 488 g/mol. The molecule has 1 aliphatic rings. The van der Waals surface area contributed by atoms with E-state index in [2.05, 4.69) is 67.5 Å². The van der Waals surface area contributed by atoms with Crippen LogP contribution in [0.25, 0.3) is 55.4 Å². The third-order valence-corrected chi connectivity index (χ3v) is 7.37. The van der Waals surface area contributed by atoms with Crippen LogP contribution in [0.4, 0.5) is 4.39 Å². The minimum Gasteiger partial charge on any atom is -0.353 e. The molecule has 2 N–H and O–H groups in total. The second-order valence-corrected chi connectivity index (χ2v) is 9.85. The smallest absolute Gasteiger partial charge is 0.123 e. The van der Waals surface area contributed by atoms with E-state index in [0.29, 0.717) is 0 Å². The summed E-state index contributed by atoms with van der Waals surface area (Å²) < 4.78 is 13.5. The second-order valence-electron chi connectivity index (χ2n) is 9.85. The van der Waals surface area contributed by atoms with Crippen LogP contribution in [-0.2, 0) is 6.54 Å². The standard InChI is InChI=1S/C31H26FN5/c32-24-9-6-21(7-10-24)25-4-3-5-28-26(25)16-30(34-28)31-27-15-22(8-11-29(27)35-36-31)23-14-20(17-33-18-23)19-37-12-1-2-13-37/h3-11,14-18,34H,1-2,12-13,19H2,(H,35,36). The number of H-pyrrole nitrogens is 2. The van der Waals surface area contributed by atoms with Gasteiger partial charge in [-0.05, 0) is 90.6 Å². The van der Waals surface area contributed by atoms with Gasteiger partial charge in [-0.2, -0.15) is 5.10 Å². The van der Waals surface area contributed by atoms with Crippen molar-refractivity contribution in [1.82, 2.24) is 25.1 Å². The number of pyridine rings is 1. The molecule has 6 aromatic rings. The van der Waals surface area contributed by atoms with Crippen molar-refractivity contribution >= 4 is 21.8 Å². The number of rotatable bonds is 5. The Morgan fingerprint density at radius 1 is 0.784 bits per heavy atom. The van der Waals surface area contributed by atoms with Gasteiger partial charge in [0.2, 0.25) is 0 Å². The number of hydrogen-bond acceptors (Lipinski definition) is 3. The maximum absolute atomic E-state index is 13.5. The van der Waals surface area contributed by atoms with Gasteiger partial charge in [-0.15, -0.1) is 0 Å². The van der Waals surface area contributed by atoms with Gasteiger partial charge in [0, 0.05) is 40.8 Å². The Balaban J connectivity index is 1.27. The van der Waals surface area contributed by atoms with Crippen LogP contribution < -0.4 is 0 Å². The first kappa shape index (κ1) is 21.9. The molecule has 0 saturated carbocycles. The lowest BCUT2D eigenvalue weighted by atomic mass is 10.0. The van der Waals surface area contributed by atoms with Gasteiger partial charge in [0.15, 0.2) is 0 Å². The van der Waals surface area contributed by atoms with E-state index in [9.17, 15) is 4.39 Å². The van der Waals surface area contributed by atoms with E-state index >= 15 is 0 Å². The fraction of sp³-hybridized carbons (Fsp3) is 0.161. The van der Waals surface area contributed by atoms with Crippen molar-refractivity contribution in [3.8, 4) is 33.6 Å². The van der Waals surface area contributed by atoms with Crippen molar-refractivity contribution < 1.29 is 4.39 Å². The predicted molar refractivity (Wildman–Crippen MR) is 147 cm³/mol. The zero-order valence-electron chi connectivity index (χ0n) is 20.3. The number of likely N-dealkylation sites (tertiary alicyclic amines) is 1. The lowest BCUT2D eigenvalue weighted by molar-refractivity contribution is 0.331. The zero-order valence-corrected chi connectivity index (χ0v) is 20.3. The molecule has 3 aromatic heterocycles. The van der Waals surface area contributed by atoms with Crippen LogP contribution in [-0.4, -0.2) is 38.2 Å². The molecule has 1 aliphatic heterocycles. The molecular weight excluding hydrogens is 461 g/mol. The number of aromatic amines is 2. The molecule has 0 unspecified atom stereocenters. The predicted octanol–water partition coefficient (Wildman–Crippen LogP) is 7.18. The van der Waals surface area contributed by atoms with Crippen molar-refractivity contribution in [2.75, 3.05) is 13.1 Å². The normalized spacial score (nSPS) is 14.2. The molecule has 0 bridgehead atoms. The molecule has 0 spiro atoms. The molecule has 182 valence electrons. The summed E-state index contributed by atoms with van der Waals surface area (Å²) >= 11 is 0. The van der Waals surface area contributed by atoms with Gasteiger partial charge in [-0.25, -0.2) is 4.39 Å². The van der Waals surface area contributed by atoms with Gasteiger partial charge in [0.25, 0.3) is 0 Å². The van der Waals surface area contributed by atoms with Crippen molar-refractivity contribution in [2.45, 2.75) is 19.4 Å². The van der Waals surface area contributed by atoms with E-state index in [1.165, 1.54) is 43.6 Å². The third kappa shape index (κ3) is 4.09. The molecule has 3 aromatic carbocycles. The minimum absolute atomic E-state index is 0.235. The molecule has 5 nitrogen and oxygen atoms in total. The summed E-state index contributed by atoms with van der Waals surface area (Å²) in [4.78, 5) is 10.6. The van der Waals surface area contributed by atoms with Crippen molar-refractivity contribution in [1.29, 1.82) is 0 Å². The number of fused-ring (bicyclic) bond motifs is 2. The van der Waals surface area contributed by atoms with Crippen LogP contribution in [0, 0.1) is 5.82 Å². The molecule has 37 heavy (non-hydrogen) atoms. The second kappa shape index (κ2) is 8.98. The maximum Gasteiger partial charge on any atom is 0.123 e. The fourth-order valence-electron chi connectivity index (χ4n) is 5.49. The lowest BCUT2D eigenvalue weighted by Gasteiger charge is -2.14. The van der Waals surface area contributed by atoms with Gasteiger partial charge < -0.3 is 4.98 Å². The molecule has 0 atom stereocenters. The van der Waals surface area contributed by atoms with E-state index in [-0.39, 0.29) is 5.82 Å². The first-order chi connectivity index (χ1) is 18.2. The summed E-state index contributed by atoms with van der Waals surface area (Å²) in [6.45, 7) is 3.29. The quantitative estimate of drug-likeness (QED) is 0.271. The fourth-order valence-corrected chi connectivity index (χ4v) is 5.49. The highest BCUT2D eigenvalue weighted by atomic mass is 19.1. The number of nitrogens with one attached hydrogen (secondary N) is 2. The number of halogens is 1. The van der Waals surface area contributed by atoms with Crippen molar-refractivity contribution in [3.05, 3.63) is 96.6 Å². The largest absolute Gasteiger partial charge is 0.353 e. The maximum atomic E-state index is 13.5. The van der Waals surface area contributed by atoms with E-state index in [1.54, 1.807) is 0 Å². The Hall–Kier alpha value is -4.29. The van der Waals surface area contributed by atoms with Gasteiger partial charge in [-0.1, -0.05) is 30.3 Å². The molecule has 6 heteroatoms. The Bertz CT molecular complexity index is 1720. The summed E-state index contributed by atoms with van der Waals surface area (Å²) in [6, 6.07) is 23.6. The van der Waals surface area contributed by atoms with Crippen LogP contribution in [0.5, 0.6) is 0 Å². The van der Waals surface area contributed by atoms with Crippen LogP contribution in [0.15, 0.2) is 85.2 Å². The molecule has 1 fully saturated rings. The Morgan fingerprint density at radius 3 is 2.49 bits per heavy atom. The lowest BCUT2D eigenvalue weighted by Crippen LogP contribution is -2.18. The Labute approximate surface area is 214 Å². The first-order valence-corrected chi connectivity index (χ1v) is 12.7. The van der Waals surface area contributed by atoms with Crippen molar-refractivity contribution in [2.24, 2.45) is 0 Å². The highest BCUT2D eigenvalue weighted by molar-refractivity contribution is 6.01. The summed E-state index contributed by atoms with van der Waals surface area (Å²) in [5, 5.41) is 9.99. The Kier molecular flexibility index (Phi) is 5.33. The number of benzene rings is 3. The van der Waals surface area contributed by atoms with Crippen LogP contribution in [0.3, 0.4) is 0 Å². The summed E-state index contributed by atoms with van der Waals surface area (Å²) in [6.07, 6.45) is 6.48. The molecule has 0 amide bonds.